The fourth-order valence-corrected chi connectivity index (χ4v) is 4.52. The zero-order valence-electron chi connectivity index (χ0n) is 20.5. The van der Waals surface area contributed by atoms with Gasteiger partial charge >= 0.3 is 6.18 Å². The molecule has 1 N–H and O–H groups in total. The summed E-state index contributed by atoms with van der Waals surface area (Å²) in [7, 11) is 1.53. The predicted octanol–water partition coefficient (Wildman–Crippen LogP) is 6.14. The van der Waals surface area contributed by atoms with Crippen LogP contribution < -0.4 is 5.32 Å². The number of carbonyl (C=O) groups is 1. The van der Waals surface area contributed by atoms with Crippen molar-refractivity contribution in [3.63, 3.8) is 0 Å². The Morgan fingerprint density at radius 3 is 2.59 bits per heavy atom. The van der Waals surface area contributed by atoms with Gasteiger partial charge in [-0.3, -0.25) is 4.79 Å². The molecule has 1 fully saturated rings. The number of nitrogens with one attached hydrogen (secondary N) is 1. The van der Waals surface area contributed by atoms with E-state index in [9.17, 15) is 18.0 Å². The van der Waals surface area contributed by atoms with Gasteiger partial charge < -0.3 is 10.2 Å². The summed E-state index contributed by atoms with van der Waals surface area (Å²) in [5.41, 5.74) is -0.343. The Morgan fingerprint density at radius 1 is 1.24 bits per heavy atom. The third-order valence-corrected chi connectivity index (χ3v) is 7.01. The number of rotatable bonds is 8. The highest BCUT2D eigenvalue weighted by Crippen LogP contribution is 2.34. The van der Waals surface area contributed by atoms with Crippen LogP contribution >= 0.6 is 23.8 Å². The number of hydrogen-bond donors (Lipinski definition) is 1. The molecule has 1 aromatic carbocycles. The molecule has 0 bridgehead atoms. The summed E-state index contributed by atoms with van der Waals surface area (Å²) < 4.78 is 41.2. The average molecular weight is 551 g/mol. The van der Waals surface area contributed by atoms with Crippen molar-refractivity contribution >= 4 is 40.4 Å². The van der Waals surface area contributed by atoms with Gasteiger partial charge in [0.05, 0.1) is 22.4 Å². The molecule has 12 heteroatoms. The lowest BCUT2D eigenvalue weighted by molar-refractivity contribution is -0.137. The summed E-state index contributed by atoms with van der Waals surface area (Å²) in [6.07, 6.45) is 1.76. The molecule has 0 radical (unpaired) electrons. The van der Waals surface area contributed by atoms with Crippen LogP contribution in [-0.4, -0.2) is 48.6 Å². The van der Waals surface area contributed by atoms with Gasteiger partial charge in [0.15, 0.2) is 5.82 Å². The van der Waals surface area contributed by atoms with Crippen LogP contribution in [0.25, 0.3) is 5.82 Å². The van der Waals surface area contributed by atoms with Gasteiger partial charge in [0.1, 0.15) is 12.2 Å². The maximum Gasteiger partial charge on any atom is 0.416 e. The fourth-order valence-electron chi connectivity index (χ4n) is 3.94. The van der Waals surface area contributed by atoms with Gasteiger partial charge in [-0.05, 0) is 56.0 Å². The lowest BCUT2D eigenvalue weighted by atomic mass is 10.00. The van der Waals surface area contributed by atoms with Crippen molar-refractivity contribution in [2.75, 3.05) is 12.4 Å². The number of halogens is 4. The molecule has 37 heavy (non-hydrogen) atoms. The first-order chi connectivity index (χ1) is 17.4. The van der Waals surface area contributed by atoms with E-state index in [1.165, 1.54) is 37.2 Å². The Kier molecular flexibility index (Phi) is 7.84. The van der Waals surface area contributed by atoms with Gasteiger partial charge in [-0.15, -0.1) is 0 Å². The first-order valence-corrected chi connectivity index (χ1v) is 12.5. The second kappa shape index (κ2) is 10.7. The fraction of sp³-hybridized carbons (Fsp3) is 0.400. The molecule has 2 atom stereocenters. The molecule has 0 unspecified atom stereocenters. The monoisotopic (exact) mass is 550 g/mol. The third kappa shape index (κ3) is 6.45. The van der Waals surface area contributed by atoms with Gasteiger partial charge in [0.2, 0.25) is 0 Å². The number of thiocarbonyl (C=S) groups is 1. The molecular weight excluding hydrogens is 525 g/mol. The van der Waals surface area contributed by atoms with E-state index < -0.39 is 23.7 Å². The average Bonchev–Trinajstić information content (AvgIpc) is 3.52. The molecule has 196 valence electrons. The quantitative estimate of drug-likeness (QED) is 0.340. The zero-order chi connectivity index (χ0) is 26.9. The number of aromatic nitrogens is 4. The van der Waals surface area contributed by atoms with Crippen LogP contribution in [-0.2, 0) is 6.18 Å². The normalized spacial score (nSPS) is 15.2. The van der Waals surface area contributed by atoms with Crippen LogP contribution in [0.3, 0.4) is 0 Å². The summed E-state index contributed by atoms with van der Waals surface area (Å²) >= 11 is 11.3. The standard InChI is InChI=1S/C25H26ClF3N6OS/c1-14(15(2)34(3)24(36)17-9-18(25(27,28)29)11-19(26)10-17)23-31-13-32-35(23)21-7-6-20(12-30-21)33-22(37)8-16-4-5-16/h6-7,9-16H,4-5,8H2,1-3H3,(H,33,37)/t14-,15-/m0/s1. The highest BCUT2D eigenvalue weighted by atomic mass is 35.5. The zero-order valence-corrected chi connectivity index (χ0v) is 22.0. The van der Waals surface area contributed by atoms with Gasteiger partial charge in [-0.2, -0.15) is 23.0 Å². The SMILES string of the molecule is C[C@H](c1ncnn1-c1ccc(NC(=S)CC2CC2)cn1)[C@H](C)N(C)C(=O)c1cc(Cl)cc(C(F)(F)F)c1. The number of pyridine rings is 1. The predicted molar refractivity (Wildman–Crippen MR) is 139 cm³/mol. The molecule has 1 aliphatic carbocycles. The summed E-state index contributed by atoms with van der Waals surface area (Å²) in [5.74, 6) is 0.845. The topological polar surface area (TPSA) is 75.9 Å². The molecule has 3 aromatic rings. The molecule has 4 rings (SSSR count). The number of anilines is 1. The lowest BCUT2D eigenvalue weighted by Gasteiger charge is -2.30. The van der Waals surface area contributed by atoms with Crippen LogP contribution in [0.15, 0.2) is 42.9 Å². The Morgan fingerprint density at radius 2 is 1.97 bits per heavy atom. The van der Waals surface area contributed by atoms with Crippen molar-refractivity contribution in [1.82, 2.24) is 24.6 Å². The summed E-state index contributed by atoms with van der Waals surface area (Å²) in [6.45, 7) is 3.65. The Bertz CT molecular complexity index is 1290. The second-order valence-electron chi connectivity index (χ2n) is 9.30. The van der Waals surface area contributed by atoms with E-state index in [4.69, 9.17) is 23.8 Å². The Labute approximate surface area is 223 Å². The first kappa shape index (κ1) is 27.0. The molecule has 0 aliphatic heterocycles. The number of amides is 1. The minimum absolute atomic E-state index is 0.146. The minimum atomic E-state index is -4.62. The molecule has 1 saturated carbocycles. The van der Waals surface area contributed by atoms with Crippen molar-refractivity contribution in [2.24, 2.45) is 5.92 Å². The lowest BCUT2D eigenvalue weighted by Crippen LogP contribution is -2.39. The minimum Gasteiger partial charge on any atom is -0.349 e. The van der Waals surface area contributed by atoms with Crippen molar-refractivity contribution in [2.45, 2.75) is 51.2 Å². The molecule has 7 nitrogen and oxygen atoms in total. The second-order valence-corrected chi connectivity index (χ2v) is 10.2. The highest BCUT2D eigenvalue weighted by Gasteiger charge is 2.33. The number of benzene rings is 1. The smallest absolute Gasteiger partial charge is 0.349 e. The third-order valence-electron chi connectivity index (χ3n) is 6.53. The number of alkyl halides is 3. The number of likely N-dealkylation sites (N-methyl/N-ethyl adjacent to an activating group) is 1. The maximum atomic E-state index is 13.2. The number of nitrogens with zero attached hydrogens (tertiary/aromatic N) is 5. The first-order valence-electron chi connectivity index (χ1n) is 11.7. The van der Waals surface area contributed by atoms with Crippen molar-refractivity contribution in [1.29, 1.82) is 0 Å². The number of hydrogen-bond acceptors (Lipinski definition) is 5. The maximum absolute atomic E-state index is 13.2. The molecule has 0 saturated heterocycles. The summed E-state index contributed by atoms with van der Waals surface area (Å²) in [6, 6.07) is 6.03. The van der Waals surface area contributed by atoms with Gasteiger partial charge in [-0.25, -0.2) is 9.97 Å². The van der Waals surface area contributed by atoms with Gasteiger partial charge in [-0.1, -0.05) is 30.7 Å². The highest BCUT2D eigenvalue weighted by molar-refractivity contribution is 7.80. The Hall–Kier alpha value is -3.05. The van der Waals surface area contributed by atoms with E-state index in [1.807, 2.05) is 13.0 Å². The van der Waals surface area contributed by atoms with E-state index >= 15 is 0 Å². The van der Waals surface area contributed by atoms with Crippen LogP contribution in [0, 0.1) is 5.92 Å². The van der Waals surface area contributed by atoms with Crippen LogP contribution in [0.1, 0.15) is 60.8 Å². The Balaban J connectivity index is 1.48. The van der Waals surface area contributed by atoms with Crippen LogP contribution in [0.4, 0.5) is 18.9 Å². The van der Waals surface area contributed by atoms with E-state index in [1.54, 1.807) is 23.9 Å². The van der Waals surface area contributed by atoms with E-state index in [0.717, 1.165) is 29.2 Å². The largest absolute Gasteiger partial charge is 0.416 e. The van der Waals surface area contributed by atoms with Gasteiger partial charge in [0.25, 0.3) is 5.91 Å². The molecule has 1 amide bonds. The summed E-state index contributed by atoms with van der Waals surface area (Å²) in [4.78, 5) is 24.1. The van der Waals surface area contributed by atoms with Gasteiger partial charge in [0, 0.05) is 36.0 Å². The molecule has 2 heterocycles. The molecule has 2 aromatic heterocycles. The molecule has 0 spiro atoms. The van der Waals surface area contributed by atoms with Crippen molar-refractivity contribution in [3.05, 3.63) is 64.8 Å². The van der Waals surface area contributed by atoms with Crippen molar-refractivity contribution in [3.8, 4) is 5.82 Å². The summed E-state index contributed by atoms with van der Waals surface area (Å²) in [5, 5.41) is 7.33. The molecule has 1 aliphatic rings. The van der Waals surface area contributed by atoms with E-state index in [0.29, 0.717) is 17.6 Å². The number of carbonyl (C=O) groups excluding carboxylic acids is 1. The van der Waals surface area contributed by atoms with E-state index in [-0.39, 0.29) is 16.5 Å². The van der Waals surface area contributed by atoms with Crippen molar-refractivity contribution < 1.29 is 18.0 Å². The van der Waals surface area contributed by atoms with Crippen LogP contribution in [0.5, 0.6) is 0 Å². The van der Waals surface area contributed by atoms with Crippen LogP contribution in [0.2, 0.25) is 5.02 Å². The molecular formula is C25H26ClF3N6OS. The van der Waals surface area contributed by atoms with E-state index in [2.05, 4.69) is 20.4 Å².